The molecular weight excluding hydrogens is 436 g/mol. The molecule has 1 aromatic heterocycles. The first-order valence-corrected chi connectivity index (χ1v) is 11.1. The molecule has 0 bridgehead atoms. The van der Waals surface area contributed by atoms with Gasteiger partial charge in [-0.25, -0.2) is 0 Å². The molecule has 1 atom stereocenters. The van der Waals surface area contributed by atoms with Crippen molar-refractivity contribution in [2.24, 2.45) is 0 Å². The van der Waals surface area contributed by atoms with Gasteiger partial charge in [-0.15, -0.1) is 11.8 Å². The lowest BCUT2D eigenvalue weighted by Gasteiger charge is -2.18. The molecule has 0 radical (unpaired) electrons. The molecule has 0 aliphatic rings. The second kappa shape index (κ2) is 10.6. The van der Waals surface area contributed by atoms with E-state index in [4.69, 9.17) is 9.15 Å². The van der Waals surface area contributed by atoms with Gasteiger partial charge < -0.3 is 19.8 Å². The van der Waals surface area contributed by atoms with E-state index in [-0.39, 0.29) is 17.6 Å². The van der Waals surface area contributed by atoms with E-state index in [1.165, 1.54) is 18.0 Å². The van der Waals surface area contributed by atoms with Crippen LogP contribution in [0.1, 0.15) is 21.4 Å². The Balaban J connectivity index is 1.51. The molecule has 0 fully saturated rings. The van der Waals surface area contributed by atoms with Gasteiger partial charge in [-0.1, -0.05) is 42.5 Å². The molecule has 166 valence electrons. The normalized spacial score (nSPS) is 11.4. The third kappa shape index (κ3) is 5.64. The summed E-state index contributed by atoms with van der Waals surface area (Å²) >= 11 is 1.42. The zero-order valence-corrected chi connectivity index (χ0v) is 18.7. The Morgan fingerprint density at radius 1 is 0.848 bits per heavy atom. The van der Waals surface area contributed by atoms with Crippen molar-refractivity contribution in [1.29, 1.82) is 0 Å². The van der Waals surface area contributed by atoms with Gasteiger partial charge in [0.2, 0.25) is 5.91 Å². The molecule has 0 aliphatic heterocycles. The zero-order chi connectivity index (χ0) is 23.0. The van der Waals surface area contributed by atoms with Crippen molar-refractivity contribution < 1.29 is 18.7 Å². The van der Waals surface area contributed by atoms with Gasteiger partial charge in [-0.3, -0.25) is 9.59 Å². The maximum Gasteiger partial charge on any atom is 0.291 e. The predicted molar refractivity (Wildman–Crippen MR) is 130 cm³/mol. The van der Waals surface area contributed by atoms with E-state index in [0.717, 1.165) is 10.5 Å². The molecule has 1 heterocycles. The van der Waals surface area contributed by atoms with E-state index in [2.05, 4.69) is 10.6 Å². The minimum Gasteiger partial charge on any atom is -0.495 e. The van der Waals surface area contributed by atoms with Crippen LogP contribution in [0.2, 0.25) is 0 Å². The summed E-state index contributed by atoms with van der Waals surface area (Å²) in [5, 5.41) is 5.28. The van der Waals surface area contributed by atoms with E-state index in [1.54, 1.807) is 43.5 Å². The fourth-order valence-electron chi connectivity index (χ4n) is 3.20. The number of benzene rings is 3. The van der Waals surface area contributed by atoms with Gasteiger partial charge in [0.05, 0.1) is 19.1 Å². The fourth-order valence-corrected chi connectivity index (χ4v) is 4.22. The summed E-state index contributed by atoms with van der Waals surface area (Å²) in [6.07, 6.45) is 1.45. The van der Waals surface area contributed by atoms with E-state index >= 15 is 0 Å². The number of thioether (sulfide) groups is 1. The number of hydrogen-bond donors (Lipinski definition) is 2. The molecule has 4 rings (SSSR count). The molecule has 0 saturated heterocycles. The number of ether oxygens (including phenoxy) is 1. The van der Waals surface area contributed by atoms with Gasteiger partial charge in [-0.2, -0.15) is 0 Å². The van der Waals surface area contributed by atoms with Crippen LogP contribution in [0, 0.1) is 0 Å². The van der Waals surface area contributed by atoms with Crippen molar-refractivity contribution in [2.75, 3.05) is 17.7 Å². The quantitative estimate of drug-likeness (QED) is 0.316. The Labute approximate surface area is 196 Å². The van der Waals surface area contributed by atoms with Crippen LogP contribution in [0.4, 0.5) is 11.4 Å². The summed E-state index contributed by atoms with van der Waals surface area (Å²) < 4.78 is 10.5. The molecule has 0 aliphatic carbocycles. The van der Waals surface area contributed by atoms with Crippen LogP contribution in [0.15, 0.2) is 107 Å². The highest BCUT2D eigenvalue weighted by Crippen LogP contribution is 2.37. The first kappa shape index (κ1) is 22.2. The van der Waals surface area contributed by atoms with E-state index < -0.39 is 5.25 Å². The topological polar surface area (TPSA) is 80.6 Å². The van der Waals surface area contributed by atoms with Crippen LogP contribution < -0.4 is 15.4 Å². The number of hydrogen-bond acceptors (Lipinski definition) is 5. The van der Waals surface area contributed by atoms with Crippen molar-refractivity contribution in [2.45, 2.75) is 10.1 Å². The molecule has 33 heavy (non-hydrogen) atoms. The Morgan fingerprint density at radius 3 is 2.27 bits per heavy atom. The largest absolute Gasteiger partial charge is 0.495 e. The molecular formula is C26H22N2O4S. The smallest absolute Gasteiger partial charge is 0.291 e. The molecule has 0 spiro atoms. The Hall–Kier alpha value is -3.97. The van der Waals surface area contributed by atoms with Gasteiger partial charge in [0.25, 0.3) is 5.91 Å². The number of methoxy groups -OCH3 is 1. The van der Waals surface area contributed by atoms with Gasteiger partial charge in [0.15, 0.2) is 5.76 Å². The van der Waals surface area contributed by atoms with E-state index in [1.807, 2.05) is 54.6 Å². The lowest BCUT2D eigenvalue weighted by atomic mass is 10.1. The molecule has 2 amide bonds. The number of rotatable bonds is 8. The lowest BCUT2D eigenvalue weighted by molar-refractivity contribution is -0.115. The summed E-state index contributed by atoms with van der Waals surface area (Å²) in [5.41, 5.74) is 2.13. The van der Waals surface area contributed by atoms with Crippen molar-refractivity contribution in [3.8, 4) is 5.75 Å². The fraction of sp³-hybridized carbons (Fsp3) is 0.0769. The van der Waals surface area contributed by atoms with Crippen molar-refractivity contribution in [3.05, 3.63) is 109 Å². The van der Waals surface area contributed by atoms with Gasteiger partial charge >= 0.3 is 0 Å². The van der Waals surface area contributed by atoms with Crippen LogP contribution in [0.5, 0.6) is 5.75 Å². The molecule has 7 heteroatoms. The third-order valence-corrected chi connectivity index (χ3v) is 6.08. The number of carbonyl (C=O) groups is 2. The third-order valence-electron chi connectivity index (χ3n) is 4.82. The molecule has 2 N–H and O–H groups in total. The Kier molecular flexibility index (Phi) is 7.12. The maximum absolute atomic E-state index is 13.3. The first-order chi connectivity index (χ1) is 16.1. The van der Waals surface area contributed by atoms with E-state index in [0.29, 0.717) is 17.1 Å². The standard InChI is InChI=1S/C26H22N2O4S/c1-31-22-11-6-5-10-21(22)28-26(30)24(18-8-3-2-4-9-18)33-20-15-13-19(14-16-20)27-25(29)23-12-7-17-32-23/h2-17,24H,1H3,(H,27,29)(H,28,30). The average molecular weight is 459 g/mol. The summed E-state index contributed by atoms with van der Waals surface area (Å²) in [5.74, 6) is 0.356. The van der Waals surface area contributed by atoms with E-state index in [9.17, 15) is 9.59 Å². The maximum atomic E-state index is 13.3. The summed E-state index contributed by atoms with van der Waals surface area (Å²) in [6, 6.07) is 27.5. The minimum atomic E-state index is -0.486. The number of para-hydroxylation sites is 2. The molecule has 1 unspecified atom stereocenters. The van der Waals surface area contributed by atoms with Crippen LogP contribution in [-0.2, 0) is 4.79 Å². The molecule has 3 aromatic carbocycles. The average Bonchev–Trinajstić information content (AvgIpc) is 3.40. The molecule has 6 nitrogen and oxygen atoms in total. The number of amides is 2. The number of carbonyl (C=O) groups excluding carboxylic acids is 2. The van der Waals surface area contributed by atoms with Crippen molar-refractivity contribution >= 4 is 35.0 Å². The second-order valence-electron chi connectivity index (χ2n) is 7.05. The summed E-state index contributed by atoms with van der Waals surface area (Å²) in [4.78, 5) is 26.3. The van der Waals surface area contributed by atoms with Crippen molar-refractivity contribution in [3.63, 3.8) is 0 Å². The highest BCUT2D eigenvalue weighted by Gasteiger charge is 2.23. The second-order valence-corrected chi connectivity index (χ2v) is 8.23. The van der Waals surface area contributed by atoms with Crippen LogP contribution in [0.25, 0.3) is 0 Å². The van der Waals surface area contributed by atoms with Crippen LogP contribution in [-0.4, -0.2) is 18.9 Å². The van der Waals surface area contributed by atoms with Crippen LogP contribution >= 0.6 is 11.8 Å². The van der Waals surface area contributed by atoms with Crippen molar-refractivity contribution in [1.82, 2.24) is 0 Å². The first-order valence-electron chi connectivity index (χ1n) is 10.2. The lowest BCUT2D eigenvalue weighted by Crippen LogP contribution is -2.19. The summed E-state index contributed by atoms with van der Waals surface area (Å²) in [6.45, 7) is 0. The van der Waals surface area contributed by atoms with Gasteiger partial charge in [0.1, 0.15) is 11.0 Å². The molecule has 4 aromatic rings. The SMILES string of the molecule is COc1ccccc1NC(=O)C(Sc1ccc(NC(=O)c2ccco2)cc1)c1ccccc1. The highest BCUT2D eigenvalue weighted by molar-refractivity contribution is 8.00. The number of anilines is 2. The highest BCUT2D eigenvalue weighted by atomic mass is 32.2. The van der Waals surface area contributed by atoms with Gasteiger partial charge in [-0.05, 0) is 54.1 Å². The number of nitrogens with one attached hydrogen (secondary N) is 2. The Bertz CT molecular complexity index is 1210. The molecule has 0 saturated carbocycles. The Morgan fingerprint density at radius 2 is 1.58 bits per heavy atom. The summed E-state index contributed by atoms with van der Waals surface area (Å²) in [7, 11) is 1.57. The van der Waals surface area contributed by atoms with Crippen LogP contribution in [0.3, 0.4) is 0 Å². The monoisotopic (exact) mass is 458 g/mol. The number of furan rings is 1. The van der Waals surface area contributed by atoms with Gasteiger partial charge in [0, 0.05) is 10.6 Å². The predicted octanol–water partition coefficient (Wildman–Crippen LogP) is 6.01. The zero-order valence-electron chi connectivity index (χ0n) is 17.9. The minimum absolute atomic E-state index is 0.161.